The minimum atomic E-state index is -1.15. The summed E-state index contributed by atoms with van der Waals surface area (Å²) in [7, 11) is 0. The van der Waals surface area contributed by atoms with Crippen molar-refractivity contribution < 1.29 is 14.4 Å². The number of aromatic nitrogens is 2. The van der Waals surface area contributed by atoms with Crippen LogP contribution in [0.5, 0.6) is 0 Å². The zero-order chi connectivity index (χ0) is 21.7. The maximum atomic E-state index is 12.5. The summed E-state index contributed by atoms with van der Waals surface area (Å²) in [6.45, 7) is 0. The number of ketones is 1. The van der Waals surface area contributed by atoms with Crippen LogP contribution in [0.4, 0.5) is 0 Å². The van der Waals surface area contributed by atoms with Gasteiger partial charge in [0.15, 0.2) is 5.15 Å². The first kappa shape index (κ1) is 21.6. The second kappa shape index (κ2) is 9.58. The fourth-order valence-electron chi connectivity index (χ4n) is 2.64. The van der Waals surface area contributed by atoms with Crippen LogP contribution >= 0.6 is 23.2 Å². The molecule has 7 nitrogen and oxygen atoms in total. The van der Waals surface area contributed by atoms with Gasteiger partial charge in [0, 0.05) is 10.6 Å². The molecule has 0 aliphatic carbocycles. The second-order valence-corrected chi connectivity index (χ2v) is 7.18. The van der Waals surface area contributed by atoms with E-state index in [1.165, 1.54) is 6.07 Å². The summed E-state index contributed by atoms with van der Waals surface area (Å²) in [5.74, 6) is -2.95. The Bertz CT molecular complexity index is 1090. The standard InChI is InChI=1S/C21H16Cl2N4O3/c22-14-8-6-13(7-9-14)17-11-15(19(23)27-26-17)18(28)21(30)25-20(29)16(24)10-12-4-2-1-3-5-12/h1-9,11,16H,10,24H2,(H,25,29,30)/t16-/m0/s1. The van der Waals surface area contributed by atoms with E-state index in [1.807, 2.05) is 23.5 Å². The topological polar surface area (TPSA) is 115 Å². The first-order valence-electron chi connectivity index (χ1n) is 8.83. The van der Waals surface area contributed by atoms with Crippen LogP contribution < -0.4 is 11.1 Å². The van der Waals surface area contributed by atoms with Crippen molar-refractivity contribution in [1.82, 2.24) is 15.5 Å². The zero-order valence-corrected chi connectivity index (χ0v) is 17.0. The van der Waals surface area contributed by atoms with E-state index < -0.39 is 23.6 Å². The lowest BCUT2D eigenvalue weighted by Crippen LogP contribution is -2.46. The Balaban J connectivity index is 1.72. The maximum Gasteiger partial charge on any atom is 0.299 e. The van der Waals surface area contributed by atoms with E-state index in [0.717, 1.165) is 5.56 Å². The maximum absolute atomic E-state index is 12.5. The van der Waals surface area contributed by atoms with Crippen LogP contribution in [0.2, 0.25) is 10.2 Å². The zero-order valence-electron chi connectivity index (χ0n) is 15.5. The normalized spacial score (nSPS) is 11.6. The van der Waals surface area contributed by atoms with Gasteiger partial charge in [0.1, 0.15) is 0 Å². The SMILES string of the molecule is N[C@@H](Cc1ccccc1)C(=O)NC(=O)C(=O)c1cc(-c2ccc(Cl)cc2)nnc1Cl. The van der Waals surface area contributed by atoms with E-state index in [2.05, 4.69) is 10.2 Å². The molecule has 1 atom stereocenters. The van der Waals surface area contributed by atoms with E-state index in [-0.39, 0.29) is 17.1 Å². The number of nitrogens with one attached hydrogen (secondary N) is 1. The fraction of sp³-hybridized carbons (Fsp3) is 0.0952. The molecule has 0 radical (unpaired) electrons. The molecule has 30 heavy (non-hydrogen) atoms. The minimum absolute atomic E-state index is 0.182. The predicted octanol–water partition coefficient (Wildman–Crippen LogP) is 2.85. The number of carbonyl (C=O) groups is 3. The van der Waals surface area contributed by atoms with Crippen LogP contribution in [0.25, 0.3) is 11.3 Å². The molecule has 0 saturated heterocycles. The van der Waals surface area contributed by atoms with Crippen molar-refractivity contribution in [1.29, 1.82) is 0 Å². The van der Waals surface area contributed by atoms with E-state index in [0.29, 0.717) is 16.3 Å². The highest BCUT2D eigenvalue weighted by molar-refractivity contribution is 6.48. The molecule has 0 aliphatic rings. The first-order chi connectivity index (χ1) is 14.3. The van der Waals surface area contributed by atoms with Gasteiger partial charge in [-0.2, -0.15) is 0 Å². The van der Waals surface area contributed by atoms with Crippen LogP contribution in [-0.2, 0) is 16.0 Å². The van der Waals surface area contributed by atoms with Gasteiger partial charge in [-0.1, -0.05) is 65.7 Å². The molecule has 152 valence electrons. The average molecular weight is 443 g/mol. The number of benzene rings is 2. The van der Waals surface area contributed by atoms with Crippen LogP contribution in [-0.4, -0.2) is 33.8 Å². The Morgan fingerprint density at radius 1 is 0.967 bits per heavy atom. The van der Waals surface area contributed by atoms with Crippen molar-refractivity contribution in [2.24, 2.45) is 5.73 Å². The lowest BCUT2D eigenvalue weighted by Gasteiger charge is -2.11. The van der Waals surface area contributed by atoms with Crippen LogP contribution in [0.15, 0.2) is 60.7 Å². The van der Waals surface area contributed by atoms with Crippen molar-refractivity contribution in [2.75, 3.05) is 0 Å². The minimum Gasteiger partial charge on any atom is -0.320 e. The number of imide groups is 1. The molecule has 3 rings (SSSR count). The highest BCUT2D eigenvalue weighted by atomic mass is 35.5. The fourth-order valence-corrected chi connectivity index (χ4v) is 2.95. The highest BCUT2D eigenvalue weighted by Crippen LogP contribution is 2.23. The molecule has 2 amide bonds. The average Bonchev–Trinajstić information content (AvgIpc) is 2.75. The molecule has 0 spiro atoms. The third-order valence-corrected chi connectivity index (χ3v) is 4.74. The Labute approximate surface area is 182 Å². The lowest BCUT2D eigenvalue weighted by molar-refractivity contribution is -0.129. The number of hydrogen-bond acceptors (Lipinski definition) is 6. The number of halogens is 2. The molecule has 0 fully saturated rings. The highest BCUT2D eigenvalue weighted by Gasteiger charge is 2.25. The Morgan fingerprint density at radius 2 is 1.63 bits per heavy atom. The number of rotatable bonds is 6. The third-order valence-electron chi connectivity index (χ3n) is 4.21. The lowest BCUT2D eigenvalue weighted by atomic mass is 10.1. The van der Waals surface area contributed by atoms with Crippen molar-refractivity contribution in [2.45, 2.75) is 12.5 Å². The van der Waals surface area contributed by atoms with E-state index in [4.69, 9.17) is 28.9 Å². The predicted molar refractivity (Wildman–Crippen MR) is 113 cm³/mol. The summed E-state index contributed by atoms with van der Waals surface area (Å²) in [6, 6.07) is 16.1. The molecule has 3 N–H and O–H groups in total. The van der Waals surface area contributed by atoms with Crippen LogP contribution in [0, 0.1) is 0 Å². The summed E-state index contributed by atoms with van der Waals surface area (Å²) in [4.78, 5) is 37.1. The molecule has 2 aromatic carbocycles. The quantitative estimate of drug-likeness (QED) is 0.447. The molecule has 1 heterocycles. The number of nitrogens with zero attached hydrogens (tertiary/aromatic N) is 2. The van der Waals surface area contributed by atoms with Gasteiger partial charge in [0.2, 0.25) is 5.91 Å². The number of Topliss-reactive ketones (excluding diaryl/α,β-unsaturated/α-hetero) is 1. The monoisotopic (exact) mass is 442 g/mol. The third kappa shape index (κ3) is 5.27. The molecule has 3 aromatic rings. The molecule has 9 heteroatoms. The Kier molecular flexibility index (Phi) is 6.89. The second-order valence-electron chi connectivity index (χ2n) is 6.38. The largest absolute Gasteiger partial charge is 0.320 e. The van der Waals surface area contributed by atoms with Gasteiger partial charge in [0.25, 0.3) is 11.7 Å². The Hall–Kier alpha value is -3.13. The molecule has 1 aromatic heterocycles. The number of amides is 2. The molecule has 0 unspecified atom stereocenters. The molecule has 0 saturated carbocycles. The van der Waals surface area contributed by atoms with Gasteiger partial charge in [-0.3, -0.25) is 19.7 Å². The summed E-state index contributed by atoms with van der Waals surface area (Å²) >= 11 is 11.8. The van der Waals surface area contributed by atoms with Crippen molar-refractivity contribution in [3.63, 3.8) is 0 Å². The van der Waals surface area contributed by atoms with Crippen molar-refractivity contribution in [3.05, 3.63) is 82.0 Å². The van der Waals surface area contributed by atoms with Gasteiger partial charge < -0.3 is 5.73 Å². The van der Waals surface area contributed by atoms with E-state index >= 15 is 0 Å². The molecular formula is C21H16Cl2N4O3. The van der Waals surface area contributed by atoms with Gasteiger partial charge in [-0.15, -0.1) is 10.2 Å². The molecular weight excluding hydrogens is 427 g/mol. The van der Waals surface area contributed by atoms with E-state index in [9.17, 15) is 14.4 Å². The van der Waals surface area contributed by atoms with Gasteiger partial charge in [0.05, 0.1) is 17.3 Å². The molecule has 0 bridgehead atoms. The van der Waals surface area contributed by atoms with Crippen molar-refractivity contribution >= 4 is 40.8 Å². The van der Waals surface area contributed by atoms with E-state index in [1.54, 1.807) is 36.4 Å². The summed E-state index contributed by atoms with van der Waals surface area (Å²) in [5.41, 5.74) is 7.43. The summed E-state index contributed by atoms with van der Waals surface area (Å²) in [6.07, 6.45) is 0.215. The van der Waals surface area contributed by atoms with Gasteiger partial charge in [-0.05, 0) is 30.2 Å². The van der Waals surface area contributed by atoms with Crippen molar-refractivity contribution in [3.8, 4) is 11.3 Å². The van der Waals surface area contributed by atoms with Gasteiger partial charge in [-0.25, -0.2) is 0 Å². The van der Waals surface area contributed by atoms with Gasteiger partial charge >= 0.3 is 0 Å². The summed E-state index contributed by atoms with van der Waals surface area (Å²) in [5, 5.41) is 9.93. The molecule has 0 aliphatic heterocycles. The number of carbonyl (C=O) groups excluding carboxylic acids is 3. The van der Waals surface area contributed by atoms with Crippen LogP contribution in [0.3, 0.4) is 0 Å². The number of nitrogens with two attached hydrogens (primary N) is 1. The number of hydrogen-bond donors (Lipinski definition) is 2. The summed E-state index contributed by atoms with van der Waals surface area (Å²) < 4.78 is 0. The van der Waals surface area contributed by atoms with Crippen LogP contribution in [0.1, 0.15) is 15.9 Å². The smallest absolute Gasteiger partial charge is 0.299 e. The Morgan fingerprint density at radius 3 is 2.30 bits per heavy atom. The first-order valence-corrected chi connectivity index (χ1v) is 9.59.